The number of ether oxygens (including phenoxy) is 4. The second kappa shape index (κ2) is 13.7. The molecule has 0 bridgehead atoms. The SMILES string of the molecule is CCOC(=O)C1=C(C)N=c2s/c(=C\c3cc(OC)c(OCc4ccccc4)cc3Br)c(=O)n2[C@H]1c1ccc(OC(C)C)cc1. The lowest BCUT2D eigenvalue weighted by atomic mass is 9.96. The summed E-state index contributed by atoms with van der Waals surface area (Å²) in [4.78, 5) is 32.4. The zero-order chi connectivity index (χ0) is 31.4. The minimum absolute atomic E-state index is 0.0122. The summed E-state index contributed by atoms with van der Waals surface area (Å²) in [5.41, 5.74) is 3.06. The summed E-state index contributed by atoms with van der Waals surface area (Å²) in [7, 11) is 1.58. The van der Waals surface area contributed by atoms with Crippen LogP contribution in [0.3, 0.4) is 0 Å². The Morgan fingerprint density at radius 3 is 2.48 bits per heavy atom. The van der Waals surface area contributed by atoms with E-state index in [1.165, 1.54) is 11.3 Å². The van der Waals surface area contributed by atoms with Crippen molar-refractivity contribution in [3.63, 3.8) is 0 Å². The number of carbonyl (C=O) groups excluding carboxylic acids is 1. The van der Waals surface area contributed by atoms with Gasteiger partial charge in [0.15, 0.2) is 16.3 Å². The molecular weight excluding hydrogens is 644 g/mol. The van der Waals surface area contributed by atoms with Gasteiger partial charge in [0.05, 0.1) is 41.7 Å². The van der Waals surface area contributed by atoms with Crippen molar-refractivity contribution >= 4 is 39.3 Å². The van der Waals surface area contributed by atoms with Crippen LogP contribution in [-0.2, 0) is 16.1 Å². The highest BCUT2D eigenvalue weighted by Gasteiger charge is 2.33. The fraction of sp³-hybridized carbons (Fsp3) is 0.265. The van der Waals surface area contributed by atoms with E-state index in [0.717, 1.165) is 21.2 Å². The Hall–Kier alpha value is -4.15. The highest BCUT2D eigenvalue weighted by molar-refractivity contribution is 9.10. The summed E-state index contributed by atoms with van der Waals surface area (Å²) in [6.07, 6.45) is 1.80. The predicted octanol–water partition coefficient (Wildman–Crippen LogP) is 5.94. The number of esters is 1. The van der Waals surface area contributed by atoms with Crippen LogP contribution in [0, 0.1) is 0 Å². The maximum absolute atomic E-state index is 14.1. The Labute approximate surface area is 268 Å². The van der Waals surface area contributed by atoms with Crippen LogP contribution < -0.4 is 29.1 Å². The lowest BCUT2D eigenvalue weighted by molar-refractivity contribution is -0.139. The summed E-state index contributed by atoms with van der Waals surface area (Å²) < 4.78 is 25.6. The molecule has 0 saturated carbocycles. The van der Waals surface area contributed by atoms with E-state index in [1.54, 1.807) is 31.6 Å². The number of allylic oxidation sites excluding steroid dienone is 1. The molecule has 1 aromatic heterocycles. The molecule has 0 fully saturated rings. The molecule has 8 nitrogen and oxygen atoms in total. The number of hydrogen-bond donors (Lipinski definition) is 0. The van der Waals surface area contributed by atoms with Crippen molar-refractivity contribution in [1.82, 2.24) is 4.57 Å². The van der Waals surface area contributed by atoms with Crippen molar-refractivity contribution in [1.29, 1.82) is 0 Å². The van der Waals surface area contributed by atoms with Gasteiger partial charge < -0.3 is 18.9 Å². The molecule has 0 aliphatic carbocycles. The van der Waals surface area contributed by atoms with Crippen LogP contribution in [0.2, 0.25) is 0 Å². The van der Waals surface area contributed by atoms with Crippen LogP contribution >= 0.6 is 27.3 Å². The number of carbonyl (C=O) groups is 1. The summed E-state index contributed by atoms with van der Waals surface area (Å²) >= 11 is 4.90. The third-order valence-electron chi connectivity index (χ3n) is 6.89. The number of thiazole rings is 1. The van der Waals surface area contributed by atoms with Crippen molar-refractivity contribution < 1.29 is 23.7 Å². The molecule has 44 heavy (non-hydrogen) atoms. The minimum Gasteiger partial charge on any atom is -0.493 e. The third kappa shape index (κ3) is 6.66. The fourth-order valence-electron chi connectivity index (χ4n) is 4.92. The number of benzene rings is 3. The minimum atomic E-state index is -0.715. The second-order valence-electron chi connectivity index (χ2n) is 10.3. The molecule has 2 heterocycles. The van der Waals surface area contributed by atoms with Crippen molar-refractivity contribution in [2.24, 2.45) is 4.99 Å². The monoisotopic (exact) mass is 676 g/mol. The van der Waals surface area contributed by atoms with Gasteiger partial charge in [-0.15, -0.1) is 0 Å². The van der Waals surface area contributed by atoms with Gasteiger partial charge in [0.25, 0.3) is 5.56 Å². The Morgan fingerprint density at radius 1 is 1.09 bits per heavy atom. The first-order valence-electron chi connectivity index (χ1n) is 14.2. The van der Waals surface area contributed by atoms with Gasteiger partial charge in [-0.3, -0.25) is 9.36 Å². The average molecular weight is 678 g/mol. The quantitative estimate of drug-likeness (QED) is 0.193. The van der Waals surface area contributed by atoms with E-state index in [4.69, 9.17) is 18.9 Å². The molecule has 1 aliphatic heterocycles. The third-order valence-corrected chi connectivity index (χ3v) is 8.56. The number of aromatic nitrogens is 1. The van der Waals surface area contributed by atoms with Crippen LogP contribution in [0.5, 0.6) is 17.2 Å². The van der Waals surface area contributed by atoms with Crippen molar-refractivity contribution in [2.75, 3.05) is 13.7 Å². The highest BCUT2D eigenvalue weighted by atomic mass is 79.9. The Bertz CT molecular complexity index is 1880. The van der Waals surface area contributed by atoms with Gasteiger partial charge in [0.2, 0.25) is 0 Å². The molecule has 1 atom stereocenters. The Kier molecular flexibility index (Phi) is 9.71. The van der Waals surface area contributed by atoms with E-state index < -0.39 is 12.0 Å². The molecule has 228 valence electrons. The van der Waals surface area contributed by atoms with Gasteiger partial charge in [-0.2, -0.15) is 0 Å². The Morgan fingerprint density at radius 2 is 1.82 bits per heavy atom. The van der Waals surface area contributed by atoms with Gasteiger partial charge in [0.1, 0.15) is 12.4 Å². The van der Waals surface area contributed by atoms with Crippen molar-refractivity contribution in [3.8, 4) is 17.2 Å². The van der Waals surface area contributed by atoms with E-state index >= 15 is 0 Å². The molecular formula is C34H33BrN2O6S. The Balaban J connectivity index is 1.57. The van der Waals surface area contributed by atoms with Crippen LogP contribution in [0.15, 0.2) is 92.3 Å². The molecule has 4 aromatic rings. The van der Waals surface area contributed by atoms with Gasteiger partial charge in [0, 0.05) is 4.47 Å². The summed E-state index contributed by atoms with van der Waals surface area (Å²) in [6, 6.07) is 20.2. The molecule has 0 saturated heterocycles. The number of halogens is 1. The van der Waals surface area contributed by atoms with E-state index in [-0.39, 0.29) is 18.3 Å². The van der Waals surface area contributed by atoms with E-state index in [9.17, 15) is 9.59 Å². The topological polar surface area (TPSA) is 88.4 Å². The van der Waals surface area contributed by atoms with Crippen LogP contribution in [-0.4, -0.2) is 30.4 Å². The summed E-state index contributed by atoms with van der Waals surface area (Å²) in [6.45, 7) is 8.01. The van der Waals surface area contributed by atoms with Crippen LogP contribution in [0.1, 0.15) is 50.4 Å². The lowest BCUT2D eigenvalue weighted by Gasteiger charge is -2.25. The average Bonchev–Trinajstić information content (AvgIpc) is 3.31. The van der Waals surface area contributed by atoms with Gasteiger partial charge in [-0.05, 0) is 74.7 Å². The second-order valence-corrected chi connectivity index (χ2v) is 12.2. The maximum atomic E-state index is 14.1. The van der Waals surface area contributed by atoms with Gasteiger partial charge in [-0.25, -0.2) is 9.79 Å². The number of methoxy groups -OCH3 is 1. The molecule has 0 N–H and O–H groups in total. The number of fused-ring (bicyclic) bond motifs is 1. The normalized spacial score (nSPS) is 14.7. The van der Waals surface area contributed by atoms with Gasteiger partial charge >= 0.3 is 5.97 Å². The fourth-order valence-corrected chi connectivity index (χ4v) is 6.39. The first-order valence-corrected chi connectivity index (χ1v) is 15.8. The van der Waals surface area contributed by atoms with E-state index in [2.05, 4.69) is 20.9 Å². The number of hydrogen-bond acceptors (Lipinski definition) is 8. The predicted molar refractivity (Wildman–Crippen MR) is 174 cm³/mol. The molecule has 0 radical (unpaired) electrons. The largest absolute Gasteiger partial charge is 0.493 e. The molecule has 0 spiro atoms. The summed E-state index contributed by atoms with van der Waals surface area (Å²) in [5, 5.41) is 0. The standard InChI is InChI=1S/C34H33BrN2O6S/c1-6-41-33(39)30-21(4)36-34-37(31(30)23-12-14-25(15-13-23)43-20(2)3)32(38)29(44-34)17-24-16-27(40-5)28(18-26(24)35)42-19-22-10-8-7-9-11-22/h7-18,20,31H,6,19H2,1-5H3/b29-17-/t31-/m0/s1. The molecule has 5 rings (SSSR count). The molecule has 1 aliphatic rings. The zero-order valence-corrected chi connectivity index (χ0v) is 27.5. The first kappa shape index (κ1) is 31.3. The van der Waals surface area contributed by atoms with E-state index in [0.29, 0.717) is 44.5 Å². The van der Waals surface area contributed by atoms with Crippen molar-refractivity contribution in [2.45, 2.75) is 46.4 Å². The smallest absolute Gasteiger partial charge is 0.338 e. The van der Waals surface area contributed by atoms with E-state index in [1.807, 2.05) is 80.6 Å². The highest BCUT2D eigenvalue weighted by Crippen LogP contribution is 2.35. The molecule has 0 amide bonds. The zero-order valence-electron chi connectivity index (χ0n) is 25.1. The van der Waals surface area contributed by atoms with Crippen molar-refractivity contribution in [3.05, 3.63) is 119 Å². The number of nitrogens with zero attached hydrogens (tertiary/aromatic N) is 2. The summed E-state index contributed by atoms with van der Waals surface area (Å²) in [5.74, 6) is 1.30. The van der Waals surface area contributed by atoms with Gasteiger partial charge in [-0.1, -0.05) is 69.7 Å². The first-order chi connectivity index (χ1) is 21.2. The lowest BCUT2D eigenvalue weighted by Crippen LogP contribution is -2.39. The molecule has 10 heteroatoms. The molecule has 0 unspecified atom stereocenters. The number of rotatable bonds is 10. The van der Waals surface area contributed by atoms with Crippen LogP contribution in [0.4, 0.5) is 0 Å². The maximum Gasteiger partial charge on any atom is 0.338 e. The molecule has 3 aromatic carbocycles. The van der Waals surface area contributed by atoms with Crippen LogP contribution in [0.25, 0.3) is 6.08 Å².